The van der Waals surface area contributed by atoms with Crippen molar-refractivity contribution in [2.75, 3.05) is 5.73 Å². The topological polar surface area (TPSA) is 67.6 Å². The molecular weight excluding hydrogens is 248 g/mol. The zero-order valence-corrected chi connectivity index (χ0v) is 12.2. The minimum atomic E-state index is 0.298. The number of nitrogens with zero attached hydrogens (tertiary/aromatic N) is 3. The number of rotatable bonds is 4. The molecule has 1 aromatic heterocycles. The second-order valence-corrected chi connectivity index (χ2v) is 5.17. The average molecular weight is 268 g/mol. The number of hydrogen-bond donors (Lipinski definition) is 1. The maximum atomic E-state index is 9.23. The van der Waals surface area contributed by atoms with Gasteiger partial charge in [-0.2, -0.15) is 5.26 Å². The van der Waals surface area contributed by atoms with Gasteiger partial charge < -0.3 is 10.3 Å². The van der Waals surface area contributed by atoms with Crippen molar-refractivity contribution in [3.05, 3.63) is 35.7 Å². The Labute approximate surface area is 119 Å². The van der Waals surface area contributed by atoms with Gasteiger partial charge in [-0.3, -0.25) is 0 Å². The van der Waals surface area contributed by atoms with Gasteiger partial charge in [-0.25, -0.2) is 4.98 Å². The number of hydrogen-bond acceptors (Lipinski definition) is 3. The van der Waals surface area contributed by atoms with Gasteiger partial charge in [0.2, 0.25) is 0 Å². The van der Waals surface area contributed by atoms with E-state index in [2.05, 4.69) is 31.4 Å². The first kappa shape index (κ1) is 14.1. The monoisotopic (exact) mass is 268 g/mol. The SMILES string of the molecule is CCCn1c(C(C)C)nc(-c2ccccc2C#N)c1N. The lowest BCUT2D eigenvalue weighted by Crippen LogP contribution is -2.08. The Morgan fingerprint density at radius 1 is 1.35 bits per heavy atom. The highest BCUT2D eigenvalue weighted by Crippen LogP contribution is 2.31. The minimum Gasteiger partial charge on any atom is -0.383 e. The summed E-state index contributed by atoms with van der Waals surface area (Å²) in [7, 11) is 0. The van der Waals surface area contributed by atoms with Gasteiger partial charge in [0.1, 0.15) is 17.3 Å². The van der Waals surface area contributed by atoms with Crippen molar-refractivity contribution in [3.8, 4) is 17.3 Å². The van der Waals surface area contributed by atoms with Crippen LogP contribution >= 0.6 is 0 Å². The maximum absolute atomic E-state index is 9.23. The Morgan fingerprint density at radius 3 is 2.65 bits per heavy atom. The summed E-state index contributed by atoms with van der Waals surface area (Å²) in [6.07, 6.45) is 1.000. The summed E-state index contributed by atoms with van der Waals surface area (Å²) in [4.78, 5) is 4.69. The molecule has 1 heterocycles. The van der Waals surface area contributed by atoms with Crippen LogP contribution in [0.15, 0.2) is 24.3 Å². The van der Waals surface area contributed by atoms with E-state index in [4.69, 9.17) is 10.7 Å². The summed E-state index contributed by atoms with van der Waals surface area (Å²) in [5.41, 5.74) is 8.41. The highest BCUT2D eigenvalue weighted by atomic mass is 15.1. The van der Waals surface area contributed by atoms with Gasteiger partial charge in [0.15, 0.2) is 0 Å². The Morgan fingerprint density at radius 2 is 2.05 bits per heavy atom. The zero-order chi connectivity index (χ0) is 14.7. The van der Waals surface area contributed by atoms with Crippen molar-refractivity contribution in [3.63, 3.8) is 0 Å². The van der Waals surface area contributed by atoms with E-state index in [9.17, 15) is 5.26 Å². The van der Waals surface area contributed by atoms with Crippen LogP contribution in [-0.4, -0.2) is 9.55 Å². The summed E-state index contributed by atoms with van der Waals surface area (Å²) in [6, 6.07) is 9.66. The molecule has 2 aromatic rings. The molecule has 0 atom stereocenters. The third-order valence-electron chi connectivity index (χ3n) is 3.30. The number of nitrogen functional groups attached to an aromatic ring is 1. The smallest absolute Gasteiger partial charge is 0.131 e. The van der Waals surface area contributed by atoms with E-state index in [1.54, 1.807) is 6.07 Å². The molecule has 0 saturated carbocycles. The summed E-state index contributed by atoms with van der Waals surface area (Å²) in [5.74, 6) is 1.93. The predicted molar refractivity (Wildman–Crippen MR) is 81.2 cm³/mol. The molecule has 0 spiro atoms. The largest absolute Gasteiger partial charge is 0.383 e. The fourth-order valence-corrected chi connectivity index (χ4v) is 2.37. The molecule has 1 aromatic carbocycles. The molecular formula is C16H20N4. The van der Waals surface area contributed by atoms with Crippen LogP contribution in [0, 0.1) is 11.3 Å². The van der Waals surface area contributed by atoms with Crippen molar-refractivity contribution >= 4 is 5.82 Å². The molecule has 0 aliphatic heterocycles. The summed E-state index contributed by atoms with van der Waals surface area (Å²) in [6.45, 7) is 7.18. The molecule has 4 heteroatoms. The Bertz CT molecular complexity index is 647. The van der Waals surface area contributed by atoms with Gasteiger partial charge in [-0.1, -0.05) is 39.0 Å². The van der Waals surface area contributed by atoms with Gasteiger partial charge in [0.05, 0.1) is 11.6 Å². The summed E-state index contributed by atoms with van der Waals surface area (Å²) in [5, 5.41) is 9.23. The molecule has 0 saturated heterocycles. The number of anilines is 1. The molecule has 0 bridgehead atoms. The van der Waals surface area contributed by atoms with E-state index in [0.29, 0.717) is 17.3 Å². The Hall–Kier alpha value is -2.28. The Kier molecular flexibility index (Phi) is 4.09. The normalized spacial score (nSPS) is 10.8. The predicted octanol–water partition coefficient (Wildman–Crippen LogP) is 3.54. The number of aromatic nitrogens is 2. The van der Waals surface area contributed by atoms with Crippen LogP contribution in [0.25, 0.3) is 11.3 Å². The third kappa shape index (κ3) is 2.39. The molecule has 0 radical (unpaired) electrons. The van der Waals surface area contributed by atoms with Gasteiger partial charge in [0, 0.05) is 18.0 Å². The first-order valence-corrected chi connectivity index (χ1v) is 6.95. The maximum Gasteiger partial charge on any atom is 0.131 e. The number of nitrogens with two attached hydrogens (primary N) is 1. The molecule has 104 valence electrons. The molecule has 0 unspecified atom stereocenters. The van der Waals surface area contributed by atoms with Gasteiger partial charge in [-0.05, 0) is 12.5 Å². The first-order chi connectivity index (χ1) is 9.60. The van der Waals surface area contributed by atoms with Crippen LogP contribution in [-0.2, 0) is 6.54 Å². The van der Waals surface area contributed by atoms with Crippen molar-refractivity contribution in [1.29, 1.82) is 5.26 Å². The second kappa shape index (κ2) is 5.79. The van der Waals surface area contributed by atoms with E-state index in [1.165, 1.54) is 0 Å². The van der Waals surface area contributed by atoms with Crippen molar-refractivity contribution in [1.82, 2.24) is 9.55 Å². The summed E-state index contributed by atoms with van der Waals surface area (Å²) >= 11 is 0. The van der Waals surface area contributed by atoms with Crippen LogP contribution in [0.1, 0.15) is 44.5 Å². The van der Waals surface area contributed by atoms with E-state index in [0.717, 1.165) is 30.0 Å². The van der Waals surface area contributed by atoms with Crippen molar-refractivity contribution < 1.29 is 0 Å². The lowest BCUT2D eigenvalue weighted by molar-refractivity contribution is 0.616. The standard InChI is InChI=1S/C16H20N4/c1-4-9-20-15(18)14(19-16(20)11(2)3)13-8-6-5-7-12(13)10-17/h5-8,11H,4,9,18H2,1-3H3. The molecule has 2 rings (SSSR count). The third-order valence-corrected chi connectivity index (χ3v) is 3.30. The zero-order valence-electron chi connectivity index (χ0n) is 12.2. The van der Waals surface area contributed by atoms with Gasteiger partial charge in [0.25, 0.3) is 0 Å². The molecule has 0 fully saturated rings. The van der Waals surface area contributed by atoms with E-state index >= 15 is 0 Å². The molecule has 20 heavy (non-hydrogen) atoms. The average Bonchev–Trinajstić information content (AvgIpc) is 2.77. The fraction of sp³-hybridized carbons (Fsp3) is 0.375. The number of imidazole rings is 1. The summed E-state index contributed by atoms with van der Waals surface area (Å²) < 4.78 is 2.06. The van der Waals surface area contributed by atoms with Crippen LogP contribution in [0.5, 0.6) is 0 Å². The molecule has 2 N–H and O–H groups in total. The van der Waals surface area contributed by atoms with Crippen LogP contribution in [0.3, 0.4) is 0 Å². The lowest BCUT2D eigenvalue weighted by atomic mass is 10.1. The van der Waals surface area contributed by atoms with Gasteiger partial charge >= 0.3 is 0 Å². The minimum absolute atomic E-state index is 0.298. The second-order valence-electron chi connectivity index (χ2n) is 5.17. The van der Waals surface area contributed by atoms with Crippen LogP contribution < -0.4 is 5.73 Å². The molecule has 0 aliphatic rings. The number of nitriles is 1. The van der Waals surface area contributed by atoms with Crippen LogP contribution in [0.4, 0.5) is 5.82 Å². The highest BCUT2D eigenvalue weighted by Gasteiger charge is 2.19. The van der Waals surface area contributed by atoms with Gasteiger partial charge in [-0.15, -0.1) is 0 Å². The van der Waals surface area contributed by atoms with E-state index in [-0.39, 0.29) is 0 Å². The molecule has 0 aliphatic carbocycles. The van der Waals surface area contributed by atoms with E-state index in [1.807, 2.05) is 18.2 Å². The van der Waals surface area contributed by atoms with Crippen molar-refractivity contribution in [2.45, 2.75) is 39.7 Å². The lowest BCUT2D eigenvalue weighted by Gasteiger charge is -2.10. The quantitative estimate of drug-likeness (QED) is 0.922. The molecule has 0 amide bonds. The highest BCUT2D eigenvalue weighted by molar-refractivity contribution is 5.76. The van der Waals surface area contributed by atoms with Crippen LogP contribution in [0.2, 0.25) is 0 Å². The first-order valence-electron chi connectivity index (χ1n) is 6.95. The van der Waals surface area contributed by atoms with E-state index < -0.39 is 0 Å². The fourth-order valence-electron chi connectivity index (χ4n) is 2.37. The van der Waals surface area contributed by atoms with Crippen molar-refractivity contribution in [2.24, 2.45) is 0 Å². The Balaban J connectivity index is 2.64. The number of benzene rings is 1. The molecule has 4 nitrogen and oxygen atoms in total.